The van der Waals surface area contributed by atoms with E-state index in [0.717, 1.165) is 6.54 Å². The minimum atomic E-state index is -0.117. The fraction of sp³-hybridized carbons (Fsp3) is 0.818. The van der Waals surface area contributed by atoms with Gasteiger partial charge in [-0.05, 0) is 13.5 Å². The Bertz CT molecular complexity index is 231. The van der Waals surface area contributed by atoms with E-state index in [9.17, 15) is 9.59 Å². The van der Waals surface area contributed by atoms with Crippen molar-refractivity contribution in [2.45, 2.75) is 20.8 Å². The molecule has 0 aliphatic carbocycles. The largest absolute Gasteiger partial charge is 0.355 e. The van der Waals surface area contributed by atoms with Crippen LogP contribution >= 0.6 is 0 Å². The maximum absolute atomic E-state index is 11.8. The quantitative estimate of drug-likeness (QED) is 0.637. The Labute approximate surface area is 97.6 Å². The Morgan fingerprint density at radius 1 is 1.25 bits per heavy atom. The van der Waals surface area contributed by atoms with Gasteiger partial charge in [0, 0.05) is 26.1 Å². The van der Waals surface area contributed by atoms with Gasteiger partial charge in [-0.2, -0.15) is 0 Å². The van der Waals surface area contributed by atoms with Crippen molar-refractivity contribution < 1.29 is 9.59 Å². The van der Waals surface area contributed by atoms with Crippen LogP contribution < -0.4 is 10.6 Å². The van der Waals surface area contributed by atoms with Gasteiger partial charge < -0.3 is 15.5 Å². The maximum atomic E-state index is 11.8. The lowest BCUT2D eigenvalue weighted by atomic mass is 10.1. The molecule has 0 aromatic heterocycles. The van der Waals surface area contributed by atoms with Crippen molar-refractivity contribution in [1.29, 1.82) is 0 Å². The normalized spacial score (nSPS) is 12.0. The smallest absolute Gasteiger partial charge is 0.239 e. The number of amides is 2. The summed E-state index contributed by atoms with van der Waals surface area (Å²) < 4.78 is 0. The molecule has 0 aromatic rings. The molecule has 94 valence electrons. The molecule has 2 amide bonds. The van der Waals surface area contributed by atoms with E-state index < -0.39 is 0 Å². The summed E-state index contributed by atoms with van der Waals surface area (Å²) in [4.78, 5) is 24.5. The van der Waals surface area contributed by atoms with Crippen molar-refractivity contribution in [3.8, 4) is 0 Å². The Morgan fingerprint density at radius 2 is 1.88 bits per heavy atom. The van der Waals surface area contributed by atoms with Crippen molar-refractivity contribution in [3.05, 3.63) is 0 Å². The SMILES string of the molecule is CCNCC(C)C(=O)N(C)CC(=O)NCC. The van der Waals surface area contributed by atoms with Gasteiger partial charge >= 0.3 is 0 Å². The first-order valence-corrected chi connectivity index (χ1v) is 5.75. The zero-order valence-corrected chi connectivity index (χ0v) is 10.7. The van der Waals surface area contributed by atoms with Crippen LogP contribution in [-0.4, -0.2) is 49.9 Å². The number of nitrogens with one attached hydrogen (secondary N) is 2. The van der Waals surface area contributed by atoms with E-state index in [0.29, 0.717) is 13.1 Å². The molecule has 0 bridgehead atoms. The second-order valence-corrected chi connectivity index (χ2v) is 3.86. The van der Waals surface area contributed by atoms with Crippen LogP contribution in [0.15, 0.2) is 0 Å². The van der Waals surface area contributed by atoms with Crippen molar-refractivity contribution >= 4 is 11.8 Å². The zero-order chi connectivity index (χ0) is 12.6. The highest BCUT2D eigenvalue weighted by molar-refractivity contribution is 5.85. The van der Waals surface area contributed by atoms with Gasteiger partial charge in [0.1, 0.15) is 0 Å². The first-order chi connectivity index (χ1) is 7.52. The summed E-state index contributed by atoms with van der Waals surface area (Å²) in [6.45, 7) is 7.92. The number of likely N-dealkylation sites (N-methyl/N-ethyl adjacent to an activating group) is 2. The van der Waals surface area contributed by atoms with Crippen molar-refractivity contribution in [3.63, 3.8) is 0 Å². The molecule has 0 aliphatic heterocycles. The van der Waals surface area contributed by atoms with Gasteiger partial charge in [-0.25, -0.2) is 0 Å². The minimum absolute atomic E-state index is 0.00722. The average molecular weight is 229 g/mol. The molecule has 0 saturated carbocycles. The number of carbonyl (C=O) groups excluding carboxylic acids is 2. The van der Waals surface area contributed by atoms with Crippen LogP contribution in [-0.2, 0) is 9.59 Å². The van der Waals surface area contributed by atoms with Crippen LogP contribution in [0.2, 0.25) is 0 Å². The molecule has 0 rings (SSSR count). The van der Waals surface area contributed by atoms with Crippen molar-refractivity contribution in [1.82, 2.24) is 15.5 Å². The second-order valence-electron chi connectivity index (χ2n) is 3.86. The predicted molar refractivity (Wildman–Crippen MR) is 64.0 cm³/mol. The molecule has 0 heterocycles. The lowest BCUT2D eigenvalue weighted by Crippen LogP contribution is -2.42. The summed E-state index contributed by atoms with van der Waals surface area (Å²) >= 11 is 0. The molecule has 0 fully saturated rings. The molecular weight excluding hydrogens is 206 g/mol. The number of hydrogen-bond acceptors (Lipinski definition) is 3. The number of hydrogen-bond donors (Lipinski definition) is 2. The lowest BCUT2D eigenvalue weighted by Gasteiger charge is -2.20. The zero-order valence-electron chi connectivity index (χ0n) is 10.7. The highest BCUT2D eigenvalue weighted by atomic mass is 16.2. The Balaban J connectivity index is 4.01. The molecule has 0 saturated heterocycles. The van der Waals surface area contributed by atoms with Gasteiger partial charge in [-0.15, -0.1) is 0 Å². The maximum Gasteiger partial charge on any atom is 0.239 e. The van der Waals surface area contributed by atoms with Gasteiger partial charge in [-0.1, -0.05) is 13.8 Å². The predicted octanol–water partition coefficient (Wildman–Crippen LogP) is -0.173. The summed E-state index contributed by atoms with van der Waals surface area (Å²) in [5.41, 5.74) is 0. The van der Waals surface area contributed by atoms with Crippen LogP contribution in [0.25, 0.3) is 0 Å². The molecule has 2 N–H and O–H groups in total. The number of carbonyl (C=O) groups is 2. The molecule has 0 radical (unpaired) electrons. The van der Waals surface area contributed by atoms with Crippen LogP contribution in [0.4, 0.5) is 0 Å². The summed E-state index contributed by atoms with van der Waals surface area (Å²) in [6.07, 6.45) is 0. The molecule has 0 aliphatic rings. The van der Waals surface area contributed by atoms with E-state index in [2.05, 4.69) is 10.6 Å². The van der Waals surface area contributed by atoms with Crippen molar-refractivity contribution in [2.75, 3.05) is 33.2 Å². The van der Waals surface area contributed by atoms with Crippen LogP contribution in [0.3, 0.4) is 0 Å². The fourth-order valence-electron chi connectivity index (χ4n) is 1.37. The minimum Gasteiger partial charge on any atom is -0.355 e. The fourth-order valence-corrected chi connectivity index (χ4v) is 1.37. The molecule has 5 nitrogen and oxygen atoms in total. The van der Waals surface area contributed by atoms with Crippen LogP contribution in [0, 0.1) is 5.92 Å². The highest BCUT2D eigenvalue weighted by Crippen LogP contribution is 1.99. The molecule has 0 aromatic carbocycles. The molecule has 16 heavy (non-hydrogen) atoms. The monoisotopic (exact) mass is 229 g/mol. The molecule has 1 atom stereocenters. The van der Waals surface area contributed by atoms with E-state index >= 15 is 0 Å². The van der Waals surface area contributed by atoms with E-state index in [1.807, 2.05) is 20.8 Å². The summed E-state index contributed by atoms with van der Waals surface area (Å²) in [6, 6.07) is 0. The van der Waals surface area contributed by atoms with E-state index in [4.69, 9.17) is 0 Å². The molecular formula is C11H23N3O2. The Kier molecular flexibility index (Phi) is 7.54. The first-order valence-electron chi connectivity index (χ1n) is 5.75. The third kappa shape index (κ3) is 5.70. The number of rotatable bonds is 7. The average Bonchev–Trinajstić information content (AvgIpc) is 2.24. The Morgan fingerprint density at radius 3 is 2.38 bits per heavy atom. The van der Waals surface area contributed by atoms with Crippen LogP contribution in [0.5, 0.6) is 0 Å². The molecule has 1 unspecified atom stereocenters. The standard InChI is InChI=1S/C11H23N3O2/c1-5-12-7-9(3)11(16)14(4)8-10(15)13-6-2/h9,12H,5-8H2,1-4H3,(H,13,15). The molecule has 0 spiro atoms. The summed E-state index contributed by atoms with van der Waals surface area (Å²) in [5.74, 6) is -0.222. The van der Waals surface area contributed by atoms with Crippen molar-refractivity contribution in [2.24, 2.45) is 5.92 Å². The topological polar surface area (TPSA) is 61.4 Å². The van der Waals surface area contributed by atoms with E-state index in [1.165, 1.54) is 4.90 Å². The third-order valence-corrected chi connectivity index (χ3v) is 2.25. The molecule has 5 heteroatoms. The van der Waals surface area contributed by atoms with Gasteiger partial charge in [-0.3, -0.25) is 9.59 Å². The van der Waals surface area contributed by atoms with Gasteiger partial charge in [0.05, 0.1) is 6.54 Å². The highest BCUT2D eigenvalue weighted by Gasteiger charge is 2.18. The van der Waals surface area contributed by atoms with E-state index in [-0.39, 0.29) is 24.3 Å². The van der Waals surface area contributed by atoms with Gasteiger partial charge in [0.25, 0.3) is 0 Å². The third-order valence-electron chi connectivity index (χ3n) is 2.25. The van der Waals surface area contributed by atoms with E-state index in [1.54, 1.807) is 7.05 Å². The van der Waals surface area contributed by atoms with Gasteiger partial charge in [0.15, 0.2) is 0 Å². The van der Waals surface area contributed by atoms with Crippen LogP contribution in [0.1, 0.15) is 20.8 Å². The summed E-state index contributed by atoms with van der Waals surface area (Å²) in [7, 11) is 1.65. The van der Waals surface area contributed by atoms with Gasteiger partial charge in [0.2, 0.25) is 11.8 Å². The Hall–Kier alpha value is -1.10. The lowest BCUT2D eigenvalue weighted by molar-refractivity contribution is -0.137. The summed E-state index contributed by atoms with van der Waals surface area (Å²) in [5, 5.41) is 5.78. The number of nitrogens with zero attached hydrogens (tertiary/aromatic N) is 1. The first kappa shape index (κ1) is 14.9. The second kappa shape index (κ2) is 8.10.